The van der Waals surface area contributed by atoms with Crippen LogP contribution in [0.3, 0.4) is 0 Å². The zero-order valence-electron chi connectivity index (χ0n) is 13.4. The van der Waals surface area contributed by atoms with E-state index in [0.29, 0.717) is 0 Å². The minimum atomic E-state index is -3.61. The highest BCUT2D eigenvalue weighted by molar-refractivity contribution is 7.92. The second-order valence-corrected chi connectivity index (χ2v) is 8.13. The summed E-state index contributed by atoms with van der Waals surface area (Å²) in [6.45, 7) is 3.44. The largest absolute Gasteiger partial charge is 0.467 e. The van der Waals surface area contributed by atoms with E-state index in [1.165, 1.54) is 24.1 Å². The van der Waals surface area contributed by atoms with Crippen molar-refractivity contribution in [1.82, 2.24) is 4.90 Å². The van der Waals surface area contributed by atoms with Crippen molar-refractivity contribution in [3.63, 3.8) is 0 Å². The molecule has 1 aromatic carbocycles. The molecule has 1 fully saturated rings. The minimum absolute atomic E-state index is 0.00794. The lowest BCUT2D eigenvalue weighted by Crippen LogP contribution is -2.43. The zero-order valence-corrected chi connectivity index (χ0v) is 14.2. The summed E-state index contributed by atoms with van der Waals surface area (Å²) in [5.74, 6) is -1.14. The van der Waals surface area contributed by atoms with Crippen LogP contribution in [-0.4, -0.2) is 50.1 Å². The fourth-order valence-electron chi connectivity index (χ4n) is 2.76. The number of methoxy groups -OCH3 is 1. The molecule has 0 saturated carbocycles. The number of hydrogen-bond donors (Lipinski definition) is 0. The van der Waals surface area contributed by atoms with E-state index in [4.69, 9.17) is 4.74 Å². The van der Waals surface area contributed by atoms with Crippen LogP contribution < -0.4 is 0 Å². The van der Waals surface area contributed by atoms with Gasteiger partial charge in [-0.1, -0.05) is 32.0 Å². The maximum absolute atomic E-state index is 12.7. The molecular formula is C16H21NO5S. The lowest BCUT2D eigenvalue weighted by molar-refractivity contribution is -0.152. The summed E-state index contributed by atoms with van der Waals surface area (Å²) in [6.07, 6.45) is 0.0579. The predicted octanol–water partition coefficient (Wildman–Crippen LogP) is 1.26. The number of benzene rings is 1. The van der Waals surface area contributed by atoms with Crippen LogP contribution in [0.25, 0.3) is 0 Å². The van der Waals surface area contributed by atoms with Crippen molar-refractivity contribution in [2.75, 3.05) is 13.7 Å². The Balaban J connectivity index is 2.33. The third-order valence-electron chi connectivity index (χ3n) is 4.02. The molecule has 0 unspecified atom stereocenters. The number of carbonyl (C=O) groups is 2. The Morgan fingerprint density at radius 3 is 2.35 bits per heavy atom. The molecule has 23 heavy (non-hydrogen) atoms. The van der Waals surface area contributed by atoms with E-state index in [1.54, 1.807) is 32.0 Å². The monoisotopic (exact) mass is 339 g/mol. The van der Waals surface area contributed by atoms with Crippen molar-refractivity contribution in [2.24, 2.45) is 5.92 Å². The zero-order chi connectivity index (χ0) is 17.2. The van der Waals surface area contributed by atoms with Crippen molar-refractivity contribution in [1.29, 1.82) is 0 Å². The van der Waals surface area contributed by atoms with E-state index in [0.717, 1.165) is 0 Å². The van der Waals surface area contributed by atoms with Gasteiger partial charge in [-0.05, 0) is 18.6 Å². The van der Waals surface area contributed by atoms with Crippen molar-refractivity contribution < 1.29 is 22.7 Å². The first-order valence-corrected chi connectivity index (χ1v) is 9.01. The first-order chi connectivity index (χ1) is 10.8. The van der Waals surface area contributed by atoms with Gasteiger partial charge in [0.05, 0.1) is 17.3 Å². The second kappa shape index (κ2) is 6.70. The van der Waals surface area contributed by atoms with E-state index in [2.05, 4.69) is 0 Å². The Morgan fingerprint density at radius 2 is 1.83 bits per heavy atom. The van der Waals surface area contributed by atoms with Crippen LogP contribution in [0.4, 0.5) is 0 Å². The van der Waals surface area contributed by atoms with Gasteiger partial charge >= 0.3 is 5.97 Å². The third kappa shape index (κ3) is 3.39. The molecule has 0 radical (unpaired) electrons. The number of esters is 1. The highest BCUT2D eigenvalue weighted by Gasteiger charge is 2.46. The summed E-state index contributed by atoms with van der Waals surface area (Å²) in [7, 11) is -2.37. The van der Waals surface area contributed by atoms with E-state index >= 15 is 0 Å². The molecule has 126 valence electrons. The average molecular weight is 339 g/mol. The van der Waals surface area contributed by atoms with Crippen molar-refractivity contribution in [2.45, 2.75) is 36.5 Å². The summed E-state index contributed by atoms with van der Waals surface area (Å²) in [4.78, 5) is 25.8. The maximum Gasteiger partial charge on any atom is 0.328 e. The molecule has 1 aliphatic rings. The molecule has 1 amide bonds. The van der Waals surface area contributed by atoms with Crippen molar-refractivity contribution in [3.05, 3.63) is 30.3 Å². The molecule has 1 aliphatic heterocycles. The lowest BCUT2D eigenvalue weighted by Gasteiger charge is -2.24. The smallest absolute Gasteiger partial charge is 0.328 e. The van der Waals surface area contributed by atoms with E-state index in [-0.39, 0.29) is 29.7 Å². The number of rotatable bonds is 4. The Labute approximate surface area is 136 Å². The van der Waals surface area contributed by atoms with Gasteiger partial charge in [-0.25, -0.2) is 13.2 Å². The van der Waals surface area contributed by atoms with Crippen LogP contribution in [0.5, 0.6) is 0 Å². The van der Waals surface area contributed by atoms with Crippen LogP contribution in [-0.2, 0) is 24.2 Å². The molecule has 0 spiro atoms. The summed E-state index contributed by atoms with van der Waals surface area (Å²) in [6, 6.07) is 7.23. The van der Waals surface area contributed by atoms with Crippen LogP contribution >= 0.6 is 0 Å². The summed E-state index contributed by atoms with van der Waals surface area (Å²) in [5.41, 5.74) is 0. The molecular weight excluding hydrogens is 318 g/mol. The van der Waals surface area contributed by atoms with Gasteiger partial charge in [0.2, 0.25) is 5.91 Å². The summed E-state index contributed by atoms with van der Waals surface area (Å²) < 4.78 is 30.2. The highest BCUT2D eigenvalue weighted by atomic mass is 32.2. The highest BCUT2D eigenvalue weighted by Crippen LogP contribution is 2.29. The molecule has 0 aliphatic carbocycles. The standard InChI is InChI=1S/C16H21NO5S/c1-11(2)15(18)17-10-13(9-14(17)16(19)22-3)23(20,21)12-7-5-4-6-8-12/h4-8,11,13-14H,9-10H2,1-3H3/t13-,14+/m1/s1. The van der Waals surface area contributed by atoms with Crippen LogP contribution in [0, 0.1) is 5.92 Å². The average Bonchev–Trinajstić information content (AvgIpc) is 3.00. The predicted molar refractivity (Wildman–Crippen MR) is 84.4 cm³/mol. The number of nitrogens with zero attached hydrogens (tertiary/aromatic N) is 1. The normalized spacial score (nSPS) is 21.5. The number of ether oxygens (including phenoxy) is 1. The van der Waals surface area contributed by atoms with Gasteiger partial charge in [0, 0.05) is 12.5 Å². The lowest BCUT2D eigenvalue weighted by atomic mass is 10.1. The van der Waals surface area contributed by atoms with E-state index in [1.807, 2.05) is 0 Å². The first kappa shape index (κ1) is 17.5. The van der Waals surface area contributed by atoms with Gasteiger partial charge < -0.3 is 9.64 Å². The quantitative estimate of drug-likeness (QED) is 0.772. The fraction of sp³-hybridized carbons (Fsp3) is 0.500. The van der Waals surface area contributed by atoms with Crippen LogP contribution in [0.1, 0.15) is 20.3 Å². The van der Waals surface area contributed by atoms with Gasteiger partial charge in [-0.2, -0.15) is 0 Å². The number of amides is 1. The first-order valence-electron chi connectivity index (χ1n) is 7.46. The molecule has 1 aromatic rings. The Kier molecular flexibility index (Phi) is 5.09. The number of sulfone groups is 1. The van der Waals surface area contributed by atoms with Gasteiger partial charge in [-0.3, -0.25) is 4.79 Å². The molecule has 0 N–H and O–H groups in total. The second-order valence-electron chi connectivity index (χ2n) is 5.90. The van der Waals surface area contributed by atoms with Gasteiger partial charge in [-0.15, -0.1) is 0 Å². The van der Waals surface area contributed by atoms with Crippen molar-refractivity contribution in [3.8, 4) is 0 Å². The Morgan fingerprint density at radius 1 is 1.22 bits per heavy atom. The Hall–Kier alpha value is -1.89. The topological polar surface area (TPSA) is 80.8 Å². The number of likely N-dealkylation sites (tertiary alicyclic amines) is 1. The van der Waals surface area contributed by atoms with E-state index < -0.39 is 27.1 Å². The summed E-state index contributed by atoms with van der Waals surface area (Å²) >= 11 is 0. The third-order valence-corrected chi connectivity index (χ3v) is 6.17. The van der Waals surface area contributed by atoms with Gasteiger partial charge in [0.25, 0.3) is 0 Å². The molecule has 6 nitrogen and oxygen atoms in total. The number of carbonyl (C=O) groups excluding carboxylic acids is 2. The maximum atomic E-state index is 12.7. The molecule has 7 heteroatoms. The Bertz CT molecular complexity index is 684. The van der Waals surface area contributed by atoms with E-state index in [9.17, 15) is 18.0 Å². The SMILES string of the molecule is COC(=O)[C@@H]1C[C@@H](S(=O)(=O)c2ccccc2)CN1C(=O)C(C)C. The van der Waals surface area contributed by atoms with Crippen molar-refractivity contribution >= 4 is 21.7 Å². The summed E-state index contributed by atoms with van der Waals surface area (Å²) in [5, 5.41) is -0.809. The van der Waals surface area contributed by atoms with Crippen LogP contribution in [0.15, 0.2) is 35.2 Å². The van der Waals surface area contributed by atoms with Gasteiger partial charge in [0.1, 0.15) is 6.04 Å². The minimum Gasteiger partial charge on any atom is -0.467 e. The van der Waals surface area contributed by atoms with Crippen LogP contribution in [0.2, 0.25) is 0 Å². The molecule has 2 atom stereocenters. The molecule has 0 bridgehead atoms. The molecule has 0 aromatic heterocycles. The fourth-order valence-corrected chi connectivity index (χ4v) is 4.47. The number of hydrogen-bond acceptors (Lipinski definition) is 5. The van der Waals surface area contributed by atoms with Gasteiger partial charge in [0.15, 0.2) is 9.84 Å². The molecule has 1 heterocycles. The molecule has 2 rings (SSSR count). The molecule has 1 saturated heterocycles.